The Morgan fingerprint density at radius 3 is 2.38 bits per heavy atom. The molecule has 1 saturated heterocycles. The molecular formula is C18H38N2O. The number of nitrogens with zero attached hydrogens (tertiary/aromatic N) is 1. The molecule has 1 heterocycles. The van der Waals surface area contributed by atoms with Crippen molar-refractivity contribution in [2.24, 2.45) is 5.92 Å². The van der Waals surface area contributed by atoms with Crippen LogP contribution in [0.3, 0.4) is 0 Å². The average Bonchev–Trinajstić information content (AvgIpc) is 2.45. The predicted octanol–water partition coefficient (Wildman–Crippen LogP) is 3.68. The highest BCUT2D eigenvalue weighted by molar-refractivity contribution is 4.98. The Morgan fingerprint density at radius 2 is 1.90 bits per heavy atom. The molecule has 1 rings (SSSR count). The summed E-state index contributed by atoms with van der Waals surface area (Å²) in [5.74, 6) is 0.760. The zero-order chi connectivity index (χ0) is 16.1. The van der Waals surface area contributed by atoms with E-state index in [-0.39, 0.29) is 5.60 Å². The summed E-state index contributed by atoms with van der Waals surface area (Å²) in [7, 11) is 1.83. The Kier molecular flexibility index (Phi) is 7.15. The van der Waals surface area contributed by atoms with Crippen LogP contribution in [0, 0.1) is 5.92 Å². The van der Waals surface area contributed by atoms with Gasteiger partial charge in [-0.25, -0.2) is 0 Å². The maximum absolute atomic E-state index is 5.61. The summed E-state index contributed by atoms with van der Waals surface area (Å²) in [6, 6.07) is 0.641. The van der Waals surface area contributed by atoms with Crippen LogP contribution < -0.4 is 5.32 Å². The van der Waals surface area contributed by atoms with Gasteiger partial charge in [0, 0.05) is 38.3 Å². The smallest absolute Gasteiger partial charge is 0.0634 e. The highest BCUT2D eigenvalue weighted by Crippen LogP contribution is 2.29. The van der Waals surface area contributed by atoms with E-state index < -0.39 is 0 Å². The normalized spacial score (nSPS) is 23.7. The van der Waals surface area contributed by atoms with Crippen molar-refractivity contribution in [3.63, 3.8) is 0 Å². The van der Waals surface area contributed by atoms with Gasteiger partial charge in [-0.3, -0.25) is 4.90 Å². The van der Waals surface area contributed by atoms with Crippen LogP contribution in [0.1, 0.15) is 67.2 Å². The summed E-state index contributed by atoms with van der Waals surface area (Å²) in [5.41, 5.74) is 0.308. The predicted molar refractivity (Wildman–Crippen MR) is 91.8 cm³/mol. The third kappa shape index (κ3) is 5.22. The number of methoxy groups -OCH3 is 1. The maximum Gasteiger partial charge on any atom is 0.0634 e. The van der Waals surface area contributed by atoms with E-state index in [2.05, 4.69) is 51.8 Å². The first kappa shape index (κ1) is 18.9. The average molecular weight is 299 g/mol. The zero-order valence-electron chi connectivity index (χ0n) is 15.5. The van der Waals surface area contributed by atoms with Crippen LogP contribution in [0.5, 0.6) is 0 Å². The van der Waals surface area contributed by atoms with Crippen LogP contribution in [0.15, 0.2) is 0 Å². The number of hydrogen-bond donors (Lipinski definition) is 1. The summed E-state index contributed by atoms with van der Waals surface area (Å²) >= 11 is 0. The van der Waals surface area contributed by atoms with Gasteiger partial charge in [-0.15, -0.1) is 0 Å². The SMILES string of the molecule is CCC1(CC)CNC(CC(C)C)CN1CCC(C)(C)OC. The van der Waals surface area contributed by atoms with Gasteiger partial charge in [0.05, 0.1) is 5.60 Å². The van der Waals surface area contributed by atoms with Crippen molar-refractivity contribution >= 4 is 0 Å². The van der Waals surface area contributed by atoms with Crippen molar-refractivity contribution in [1.82, 2.24) is 10.2 Å². The van der Waals surface area contributed by atoms with Crippen LogP contribution in [0.4, 0.5) is 0 Å². The van der Waals surface area contributed by atoms with Gasteiger partial charge in [0.2, 0.25) is 0 Å². The van der Waals surface area contributed by atoms with Crippen molar-refractivity contribution in [1.29, 1.82) is 0 Å². The van der Waals surface area contributed by atoms with E-state index >= 15 is 0 Å². The molecule has 0 bridgehead atoms. The van der Waals surface area contributed by atoms with E-state index in [1.165, 1.54) is 25.8 Å². The molecular weight excluding hydrogens is 260 g/mol. The lowest BCUT2D eigenvalue weighted by Crippen LogP contribution is -2.64. The first-order valence-electron chi connectivity index (χ1n) is 8.82. The Bertz CT molecular complexity index is 298. The van der Waals surface area contributed by atoms with Crippen LogP contribution in [0.25, 0.3) is 0 Å². The molecule has 3 heteroatoms. The van der Waals surface area contributed by atoms with Crippen LogP contribution in [-0.2, 0) is 4.74 Å². The fourth-order valence-corrected chi connectivity index (χ4v) is 3.48. The lowest BCUT2D eigenvalue weighted by molar-refractivity contribution is -0.0223. The molecule has 21 heavy (non-hydrogen) atoms. The first-order valence-corrected chi connectivity index (χ1v) is 8.82. The molecule has 1 unspecified atom stereocenters. The number of hydrogen-bond acceptors (Lipinski definition) is 3. The summed E-state index contributed by atoms with van der Waals surface area (Å²) in [6.45, 7) is 17.2. The fraction of sp³-hybridized carbons (Fsp3) is 1.00. The van der Waals surface area contributed by atoms with E-state index in [1.807, 2.05) is 7.11 Å². The lowest BCUT2D eigenvalue weighted by Gasteiger charge is -2.50. The minimum atomic E-state index is -0.0222. The second-order valence-electron chi connectivity index (χ2n) is 7.80. The Hall–Kier alpha value is -0.120. The van der Waals surface area contributed by atoms with Crippen LogP contribution in [-0.4, -0.2) is 48.8 Å². The largest absolute Gasteiger partial charge is 0.379 e. The molecule has 0 spiro atoms. The minimum Gasteiger partial charge on any atom is -0.379 e. The van der Waals surface area contributed by atoms with Gasteiger partial charge in [-0.2, -0.15) is 0 Å². The van der Waals surface area contributed by atoms with Crippen molar-refractivity contribution in [3.05, 3.63) is 0 Å². The topological polar surface area (TPSA) is 24.5 Å². The molecule has 1 atom stereocenters. The second kappa shape index (κ2) is 7.94. The summed E-state index contributed by atoms with van der Waals surface area (Å²) in [4.78, 5) is 2.75. The first-order chi connectivity index (χ1) is 9.78. The van der Waals surface area contributed by atoms with Gasteiger partial charge in [-0.05, 0) is 45.4 Å². The summed E-state index contributed by atoms with van der Waals surface area (Å²) in [5, 5.41) is 3.81. The third-order valence-corrected chi connectivity index (χ3v) is 5.44. The van der Waals surface area contributed by atoms with Gasteiger partial charge in [-0.1, -0.05) is 27.7 Å². The van der Waals surface area contributed by atoms with Gasteiger partial charge in [0.15, 0.2) is 0 Å². The van der Waals surface area contributed by atoms with Crippen molar-refractivity contribution in [3.8, 4) is 0 Å². The molecule has 0 aliphatic carbocycles. The molecule has 1 aliphatic heterocycles. The van der Waals surface area contributed by atoms with Gasteiger partial charge in [0.1, 0.15) is 0 Å². The number of ether oxygens (including phenoxy) is 1. The quantitative estimate of drug-likeness (QED) is 0.740. The van der Waals surface area contributed by atoms with E-state index in [0.717, 1.165) is 25.4 Å². The molecule has 1 fully saturated rings. The second-order valence-corrected chi connectivity index (χ2v) is 7.80. The number of nitrogens with one attached hydrogen (secondary N) is 1. The molecule has 1 N–H and O–H groups in total. The molecule has 126 valence electrons. The van der Waals surface area contributed by atoms with Crippen molar-refractivity contribution < 1.29 is 4.74 Å². The van der Waals surface area contributed by atoms with Crippen molar-refractivity contribution in [2.75, 3.05) is 26.7 Å². The number of piperazine rings is 1. The Labute approximate surface area is 132 Å². The summed E-state index contributed by atoms with van der Waals surface area (Å²) in [6.07, 6.45) is 4.81. The molecule has 0 aromatic rings. The molecule has 3 nitrogen and oxygen atoms in total. The van der Waals surface area contributed by atoms with Crippen LogP contribution >= 0.6 is 0 Å². The van der Waals surface area contributed by atoms with Crippen LogP contribution in [0.2, 0.25) is 0 Å². The molecule has 1 aliphatic rings. The van der Waals surface area contributed by atoms with E-state index in [1.54, 1.807) is 0 Å². The minimum absolute atomic E-state index is 0.0222. The monoisotopic (exact) mass is 298 g/mol. The maximum atomic E-state index is 5.61. The molecule has 0 radical (unpaired) electrons. The Balaban J connectivity index is 2.74. The number of rotatable bonds is 8. The Morgan fingerprint density at radius 1 is 1.29 bits per heavy atom. The third-order valence-electron chi connectivity index (χ3n) is 5.44. The molecule has 0 aromatic carbocycles. The molecule has 0 amide bonds. The fourth-order valence-electron chi connectivity index (χ4n) is 3.48. The van der Waals surface area contributed by atoms with E-state index in [9.17, 15) is 0 Å². The van der Waals surface area contributed by atoms with Gasteiger partial charge >= 0.3 is 0 Å². The highest BCUT2D eigenvalue weighted by Gasteiger charge is 2.39. The standard InChI is InChI=1S/C18H38N2O/c1-8-18(9-2)14-19-16(12-15(3)4)13-20(18)11-10-17(5,6)21-7/h15-16,19H,8-14H2,1-7H3. The molecule has 0 aromatic heterocycles. The van der Waals surface area contributed by atoms with Gasteiger partial charge in [0.25, 0.3) is 0 Å². The summed E-state index contributed by atoms with van der Waals surface area (Å²) < 4.78 is 5.61. The van der Waals surface area contributed by atoms with Gasteiger partial charge < -0.3 is 10.1 Å². The lowest BCUT2D eigenvalue weighted by atomic mass is 9.85. The van der Waals surface area contributed by atoms with Crippen molar-refractivity contribution in [2.45, 2.75) is 84.4 Å². The highest BCUT2D eigenvalue weighted by atomic mass is 16.5. The molecule has 0 saturated carbocycles. The zero-order valence-corrected chi connectivity index (χ0v) is 15.5. The van der Waals surface area contributed by atoms with E-state index in [0.29, 0.717) is 11.6 Å². The van der Waals surface area contributed by atoms with E-state index in [4.69, 9.17) is 4.74 Å².